The maximum atomic E-state index is 12.4. The normalized spacial score (nSPS) is 12.9. The van der Waals surface area contributed by atoms with Crippen LogP contribution in [0.2, 0.25) is 0 Å². The van der Waals surface area contributed by atoms with Gasteiger partial charge < -0.3 is 5.32 Å². The van der Waals surface area contributed by atoms with Gasteiger partial charge in [-0.3, -0.25) is 9.10 Å². The van der Waals surface area contributed by atoms with Gasteiger partial charge in [0.25, 0.3) is 0 Å². The minimum atomic E-state index is -3.48. The van der Waals surface area contributed by atoms with Gasteiger partial charge in [-0.2, -0.15) is 0 Å². The van der Waals surface area contributed by atoms with Crippen LogP contribution in [-0.2, 0) is 24.7 Å². The summed E-state index contributed by atoms with van der Waals surface area (Å²) in [5, 5.41) is 2.87. The van der Waals surface area contributed by atoms with Crippen molar-refractivity contribution in [2.24, 2.45) is 0 Å². The average Bonchev–Trinajstić information content (AvgIpc) is 2.62. The summed E-state index contributed by atoms with van der Waals surface area (Å²) in [4.78, 5) is 12.6. The standard InChI is InChI=1S/C22H30N2O5S2/c1-16-13-17(2)15-20(14-16)24(31(5,28)29)12-6-7-22(25)23-18(3)19-8-10-21(11-9-19)30(4,26)27/h8-11,13-15,18H,6-7,12H2,1-5H3,(H,23,25)/t18-/m1/s1. The molecule has 31 heavy (non-hydrogen) atoms. The maximum Gasteiger partial charge on any atom is 0.232 e. The molecule has 2 aromatic rings. The number of carbonyl (C=O) groups excluding carboxylic acids is 1. The predicted octanol–water partition coefficient (Wildman–Crippen LogP) is 3.13. The molecule has 0 saturated carbocycles. The number of hydrogen-bond donors (Lipinski definition) is 1. The zero-order valence-electron chi connectivity index (χ0n) is 18.5. The molecule has 0 saturated heterocycles. The Balaban J connectivity index is 1.97. The van der Waals surface area contributed by atoms with E-state index in [4.69, 9.17) is 0 Å². The molecule has 0 aliphatic carbocycles. The second kappa shape index (κ2) is 9.82. The largest absolute Gasteiger partial charge is 0.350 e. The summed E-state index contributed by atoms with van der Waals surface area (Å²) in [6.07, 6.45) is 2.84. The number of hydrogen-bond acceptors (Lipinski definition) is 5. The Morgan fingerprint density at radius 2 is 1.52 bits per heavy atom. The highest BCUT2D eigenvalue weighted by molar-refractivity contribution is 7.92. The summed E-state index contributed by atoms with van der Waals surface area (Å²) in [5.74, 6) is -0.200. The van der Waals surface area contributed by atoms with Crippen LogP contribution in [0.4, 0.5) is 5.69 Å². The molecule has 0 heterocycles. The molecule has 1 atom stereocenters. The van der Waals surface area contributed by atoms with E-state index in [1.807, 2.05) is 39.0 Å². The van der Waals surface area contributed by atoms with Gasteiger partial charge in [0.15, 0.2) is 9.84 Å². The van der Waals surface area contributed by atoms with Gasteiger partial charge in [0.05, 0.1) is 22.9 Å². The van der Waals surface area contributed by atoms with Crippen molar-refractivity contribution in [3.8, 4) is 0 Å². The first-order valence-corrected chi connectivity index (χ1v) is 13.7. The van der Waals surface area contributed by atoms with Gasteiger partial charge >= 0.3 is 0 Å². The number of sulfone groups is 1. The molecular formula is C22H30N2O5S2. The van der Waals surface area contributed by atoms with E-state index < -0.39 is 19.9 Å². The molecule has 0 bridgehead atoms. The minimum absolute atomic E-state index is 0.169. The third-order valence-corrected chi connectivity index (χ3v) is 7.17. The summed E-state index contributed by atoms with van der Waals surface area (Å²) < 4.78 is 49.0. The highest BCUT2D eigenvalue weighted by Gasteiger charge is 2.19. The molecule has 9 heteroatoms. The third kappa shape index (κ3) is 7.36. The fourth-order valence-electron chi connectivity index (χ4n) is 3.36. The van der Waals surface area contributed by atoms with Crippen molar-refractivity contribution < 1.29 is 21.6 Å². The van der Waals surface area contributed by atoms with Crippen LogP contribution in [-0.4, -0.2) is 41.8 Å². The summed E-state index contributed by atoms with van der Waals surface area (Å²) in [5.41, 5.74) is 3.32. The van der Waals surface area contributed by atoms with Crippen molar-refractivity contribution in [3.63, 3.8) is 0 Å². The molecule has 2 rings (SSSR count). The van der Waals surface area contributed by atoms with Crippen LogP contribution >= 0.6 is 0 Å². The van der Waals surface area contributed by atoms with E-state index >= 15 is 0 Å². The molecule has 2 aromatic carbocycles. The fraction of sp³-hybridized carbons (Fsp3) is 0.409. The lowest BCUT2D eigenvalue weighted by Crippen LogP contribution is -2.32. The van der Waals surface area contributed by atoms with Crippen LogP contribution in [0.1, 0.15) is 42.5 Å². The minimum Gasteiger partial charge on any atom is -0.350 e. The molecule has 1 amide bonds. The van der Waals surface area contributed by atoms with E-state index in [-0.39, 0.29) is 29.8 Å². The van der Waals surface area contributed by atoms with Crippen LogP contribution in [0.3, 0.4) is 0 Å². The zero-order valence-corrected chi connectivity index (χ0v) is 20.2. The summed E-state index contributed by atoms with van der Waals surface area (Å²) in [7, 11) is -6.75. The lowest BCUT2D eigenvalue weighted by Gasteiger charge is -2.23. The number of rotatable bonds is 9. The highest BCUT2D eigenvalue weighted by atomic mass is 32.2. The maximum absolute atomic E-state index is 12.4. The average molecular weight is 467 g/mol. The Labute approximate surface area is 185 Å². The molecule has 1 N–H and O–H groups in total. The molecule has 0 spiro atoms. The number of anilines is 1. The second-order valence-electron chi connectivity index (χ2n) is 7.91. The van der Waals surface area contributed by atoms with Crippen LogP contribution in [0.5, 0.6) is 0 Å². The predicted molar refractivity (Wildman–Crippen MR) is 123 cm³/mol. The van der Waals surface area contributed by atoms with E-state index in [2.05, 4.69) is 5.32 Å². The summed E-state index contributed by atoms with van der Waals surface area (Å²) in [6.45, 7) is 5.83. The molecular weight excluding hydrogens is 436 g/mol. The van der Waals surface area contributed by atoms with E-state index in [0.717, 1.165) is 29.2 Å². The molecule has 0 aromatic heterocycles. The smallest absolute Gasteiger partial charge is 0.232 e. The third-order valence-electron chi connectivity index (χ3n) is 4.85. The quantitative estimate of drug-likeness (QED) is 0.612. The lowest BCUT2D eigenvalue weighted by atomic mass is 10.1. The van der Waals surface area contributed by atoms with Gasteiger partial charge in [0, 0.05) is 19.2 Å². The van der Waals surface area contributed by atoms with E-state index in [1.165, 1.54) is 16.4 Å². The number of nitrogens with zero attached hydrogens (tertiary/aromatic N) is 1. The van der Waals surface area contributed by atoms with Gasteiger partial charge in [-0.1, -0.05) is 18.2 Å². The molecule has 7 nitrogen and oxygen atoms in total. The zero-order chi connectivity index (χ0) is 23.4. The molecule has 0 radical (unpaired) electrons. The Bertz CT molecular complexity index is 1120. The van der Waals surface area contributed by atoms with Gasteiger partial charge in [0.2, 0.25) is 15.9 Å². The topological polar surface area (TPSA) is 101 Å². The van der Waals surface area contributed by atoms with Crippen molar-refractivity contribution in [1.29, 1.82) is 0 Å². The molecule has 0 unspecified atom stereocenters. The highest BCUT2D eigenvalue weighted by Crippen LogP contribution is 2.22. The molecule has 0 aliphatic heterocycles. The number of amides is 1. The lowest BCUT2D eigenvalue weighted by molar-refractivity contribution is -0.121. The van der Waals surface area contributed by atoms with Crippen LogP contribution in [0.25, 0.3) is 0 Å². The van der Waals surface area contributed by atoms with Crippen LogP contribution in [0, 0.1) is 13.8 Å². The van der Waals surface area contributed by atoms with Crippen molar-refractivity contribution in [2.45, 2.75) is 44.6 Å². The van der Waals surface area contributed by atoms with Gasteiger partial charge in [-0.25, -0.2) is 16.8 Å². The molecule has 0 aliphatic rings. The van der Waals surface area contributed by atoms with Crippen molar-refractivity contribution in [3.05, 3.63) is 59.2 Å². The first-order valence-electron chi connectivity index (χ1n) is 9.93. The van der Waals surface area contributed by atoms with Crippen LogP contribution < -0.4 is 9.62 Å². The number of benzene rings is 2. The first-order chi connectivity index (χ1) is 14.3. The monoisotopic (exact) mass is 466 g/mol. The number of aryl methyl sites for hydroxylation is 2. The SMILES string of the molecule is Cc1cc(C)cc(N(CCCC(=O)N[C@H](C)c2ccc(S(C)(=O)=O)cc2)S(C)(=O)=O)c1. The van der Waals surface area contributed by atoms with E-state index in [9.17, 15) is 21.6 Å². The van der Waals surface area contributed by atoms with Crippen molar-refractivity contribution >= 4 is 31.5 Å². The number of nitrogens with one attached hydrogen (secondary N) is 1. The Kier molecular flexibility index (Phi) is 7.88. The fourth-order valence-corrected chi connectivity index (χ4v) is 4.94. The van der Waals surface area contributed by atoms with E-state index in [0.29, 0.717) is 12.1 Å². The second-order valence-corrected chi connectivity index (χ2v) is 11.8. The van der Waals surface area contributed by atoms with Gasteiger partial charge in [-0.15, -0.1) is 0 Å². The Hall–Kier alpha value is -2.39. The van der Waals surface area contributed by atoms with Crippen LogP contribution in [0.15, 0.2) is 47.4 Å². The Morgan fingerprint density at radius 1 is 0.968 bits per heavy atom. The first kappa shape index (κ1) is 24.9. The number of carbonyl (C=O) groups is 1. The van der Waals surface area contributed by atoms with Gasteiger partial charge in [-0.05, 0) is 68.1 Å². The number of sulfonamides is 1. The van der Waals surface area contributed by atoms with Gasteiger partial charge in [0.1, 0.15) is 0 Å². The van der Waals surface area contributed by atoms with Crippen molar-refractivity contribution in [2.75, 3.05) is 23.4 Å². The summed E-state index contributed by atoms with van der Waals surface area (Å²) in [6, 6.07) is 11.7. The Morgan fingerprint density at radius 3 is 2.00 bits per heavy atom. The summed E-state index contributed by atoms with van der Waals surface area (Å²) >= 11 is 0. The molecule has 0 fully saturated rings. The molecule has 170 valence electrons. The van der Waals surface area contributed by atoms with Crippen molar-refractivity contribution in [1.82, 2.24) is 5.32 Å². The van der Waals surface area contributed by atoms with E-state index in [1.54, 1.807) is 12.1 Å².